The number of aromatic nitrogens is 2. The molecule has 0 radical (unpaired) electrons. The van der Waals surface area contributed by atoms with Gasteiger partial charge in [0.2, 0.25) is 0 Å². The molecule has 1 atom stereocenters. The fourth-order valence-corrected chi connectivity index (χ4v) is 2.85. The van der Waals surface area contributed by atoms with Crippen LogP contribution in [0, 0.1) is 6.92 Å². The van der Waals surface area contributed by atoms with E-state index in [2.05, 4.69) is 5.10 Å². The molecule has 0 spiro atoms. The number of aryl methyl sites for hydroxylation is 2. The molecule has 1 aromatic heterocycles. The maximum atomic E-state index is 12.1. The van der Waals surface area contributed by atoms with Crippen LogP contribution in [0.2, 0.25) is 0 Å². The van der Waals surface area contributed by atoms with Crippen LogP contribution < -0.4 is 5.73 Å². The molecule has 1 heterocycles. The average Bonchev–Trinajstić information content (AvgIpc) is 2.82. The van der Waals surface area contributed by atoms with Crippen LogP contribution in [0.25, 0.3) is 0 Å². The first-order valence-electron chi connectivity index (χ1n) is 5.39. The lowest BCUT2D eigenvalue weighted by Crippen LogP contribution is -2.09. The minimum Gasteiger partial charge on any atom is -0.399 e. The fraction of sp³-hybridized carbons (Fsp3) is 0.250. The smallest absolute Gasteiger partial charge is 0.0551 e. The monoisotopic (exact) mass is 249 g/mol. The van der Waals surface area contributed by atoms with Crippen molar-refractivity contribution < 1.29 is 4.21 Å². The van der Waals surface area contributed by atoms with Crippen molar-refractivity contribution >= 4 is 16.5 Å². The van der Waals surface area contributed by atoms with Crippen molar-refractivity contribution in [3.8, 4) is 0 Å². The van der Waals surface area contributed by atoms with Crippen LogP contribution in [0.15, 0.2) is 41.6 Å². The second kappa shape index (κ2) is 5.14. The van der Waals surface area contributed by atoms with Gasteiger partial charge in [-0.2, -0.15) is 5.10 Å². The predicted molar refractivity (Wildman–Crippen MR) is 69.1 cm³/mol. The molecule has 17 heavy (non-hydrogen) atoms. The molecule has 0 amide bonds. The lowest BCUT2D eigenvalue weighted by atomic mass is 10.2. The lowest BCUT2D eigenvalue weighted by molar-refractivity contribution is 0.644. The largest absolute Gasteiger partial charge is 0.399 e. The number of rotatable bonds is 4. The summed E-state index contributed by atoms with van der Waals surface area (Å²) in [7, 11) is -1.03. The Morgan fingerprint density at radius 1 is 1.47 bits per heavy atom. The van der Waals surface area contributed by atoms with Crippen LogP contribution in [0.5, 0.6) is 0 Å². The number of hydrogen-bond donors (Lipinski definition) is 1. The minimum absolute atomic E-state index is 0.548. The Labute approximate surface area is 103 Å². The van der Waals surface area contributed by atoms with E-state index in [1.165, 1.54) is 0 Å². The molecule has 1 aromatic carbocycles. The van der Waals surface area contributed by atoms with E-state index in [9.17, 15) is 4.21 Å². The predicted octanol–water partition coefficient (Wildman–Crippen LogP) is 1.58. The van der Waals surface area contributed by atoms with Gasteiger partial charge in [0.25, 0.3) is 0 Å². The van der Waals surface area contributed by atoms with E-state index >= 15 is 0 Å². The summed E-state index contributed by atoms with van der Waals surface area (Å²) in [6.07, 6.45) is 3.58. The molecule has 0 fully saturated rings. The number of anilines is 1. The molecular weight excluding hydrogens is 234 g/mol. The Hall–Kier alpha value is -1.62. The summed E-state index contributed by atoms with van der Waals surface area (Å²) in [5.41, 5.74) is 7.37. The Morgan fingerprint density at radius 2 is 2.29 bits per heavy atom. The Balaban J connectivity index is 2.07. The van der Waals surface area contributed by atoms with Crippen molar-refractivity contribution in [3.63, 3.8) is 0 Å². The Bertz CT molecular complexity index is 523. The highest BCUT2D eigenvalue weighted by molar-refractivity contribution is 7.85. The summed E-state index contributed by atoms with van der Waals surface area (Å²) >= 11 is 0. The van der Waals surface area contributed by atoms with E-state index in [0.29, 0.717) is 18.0 Å². The van der Waals surface area contributed by atoms with Gasteiger partial charge in [-0.25, -0.2) is 0 Å². The summed E-state index contributed by atoms with van der Waals surface area (Å²) in [6.45, 7) is 2.59. The highest BCUT2D eigenvalue weighted by Crippen LogP contribution is 2.17. The summed E-state index contributed by atoms with van der Waals surface area (Å²) in [6, 6.07) is 7.36. The first-order valence-corrected chi connectivity index (χ1v) is 6.70. The van der Waals surface area contributed by atoms with Crippen molar-refractivity contribution in [1.82, 2.24) is 9.78 Å². The van der Waals surface area contributed by atoms with Gasteiger partial charge >= 0.3 is 0 Å². The van der Waals surface area contributed by atoms with Crippen LogP contribution in [0.4, 0.5) is 5.69 Å². The van der Waals surface area contributed by atoms with E-state index in [-0.39, 0.29) is 0 Å². The Kier molecular flexibility index (Phi) is 3.58. The maximum absolute atomic E-state index is 12.1. The van der Waals surface area contributed by atoms with Gasteiger partial charge < -0.3 is 5.73 Å². The van der Waals surface area contributed by atoms with Crippen molar-refractivity contribution in [2.75, 3.05) is 11.5 Å². The van der Waals surface area contributed by atoms with Gasteiger partial charge in [-0.05, 0) is 30.7 Å². The minimum atomic E-state index is -1.03. The standard InChI is InChI=1S/C12H15N3OS/c1-10-3-4-11(13)9-12(10)17(16)8-7-15-6-2-5-14-15/h2-6,9H,7-8,13H2,1H3. The molecule has 2 rings (SSSR count). The van der Waals surface area contributed by atoms with Gasteiger partial charge in [0.05, 0.1) is 17.3 Å². The molecule has 4 nitrogen and oxygen atoms in total. The van der Waals surface area contributed by atoms with Crippen LogP contribution in [-0.2, 0) is 17.3 Å². The molecule has 0 saturated carbocycles. The Morgan fingerprint density at radius 3 is 3.00 bits per heavy atom. The second-order valence-corrected chi connectivity index (χ2v) is 5.38. The van der Waals surface area contributed by atoms with E-state index in [4.69, 9.17) is 5.73 Å². The third kappa shape index (κ3) is 2.94. The van der Waals surface area contributed by atoms with Crippen LogP contribution in [0.3, 0.4) is 0 Å². The molecule has 0 aliphatic heterocycles. The molecule has 0 saturated heterocycles. The molecule has 5 heteroatoms. The normalized spacial score (nSPS) is 12.5. The van der Waals surface area contributed by atoms with Crippen molar-refractivity contribution in [2.24, 2.45) is 0 Å². The quantitative estimate of drug-likeness (QED) is 0.837. The molecule has 0 aliphatic rings. The number of nitrogens with two attached hydrogens (primary N) is 1. The highest BCUT2D eigenvalue weighted by Gasteiger charge is 2.08. The zero-order valence-electron chi connectivity index (χ0n) is 9.67. The van der Waals surface area contributed by atoms with Gasteiger partial charge in [0.1, 0.15) is 0 Å². The van der Waals surface area contributed by atoms with E-state index in [1.807, 2.05) is 31.3 Å². The van der Waals surface area contributed by atoms with E-state index < -0.39 is 10.8 Å². The number of hydrogen-bond acceptors (Lipinski definition) is 3. The molecule has 2 aromatic rings. The third-order valence-electron chi connectivity index (χ3n) is 2.52. The molecule has 1 unspecified atom stereocenters. The van der Waals surface area contributed by atoms with Crippen molar-refractivity contribution in [3.05, 3.63) is 42.2 Å². The molecule has 2 N–H and O–H groups in total. The van der Waals surface area contributed by atoms with Crippen LogP contribution in [0.1, 0.15) is 5.56 Å². The van der Waals surface area contributed by atoms with Gasteiger partial charge in [-0.1, -0.05) is 6.07 Å². The molecular formula is C12H15N3OS. The number of nitrogens with zero attached hydrogens (tertiary/aromatic N) is 2. The maximum Gasteiger partial charge on any atom is 0.0551 e. The third-order valence-corrected chi connectivity index (χ3v) is 4.01. The highest BCUT2D eigenvalue weighted by atomic mass is 32.2. The lowest BCUT2D eigenvalue weighted by Gasteiger charge is -2.07. The van der Waals surface area contributed by atoms with Crippen molar-refractivity contribution in [2.45, 2.75) is 18.4 Å². The van der Waals surface area contributed by atoms with Crippen LogP contribution >= 0.6 is 0 Å². The first-order chi connectivity index (χ1) is 8.16. The van der Waals surface area contributed by atoms with Gasteiger partial charge in [-0.15, -0.1) is 0 Å². The molecule has 90 valence electrons. The van der Waals surface area contributed by atoms with Gasteiger partial charge in [0, 0.05) is 28.7 Å². The first kappa shape index (κ1) is 11.9. The number of nitrogen functional groups attached to an aromatic ring is 1. The van der Waals surface area contributed by atoms with Gasteiger partial charge in [-0.3, -0.25) is 8.89 Å². The van der Waals surface area contributed by atoms with Crippen LogP contribution in [-0.4, -0.2) is 19.7 Å². The van der Waals surface area contributed by atoms with E-state index in [0.717, 1.165) is 10.5 Å². The zero-order chi connectivity index (χ0) is 12.3. The summed E-state index contributed by atoms with van der Waals surface area (Å²) < 4.78 is 13.9. The molecule has 0 bridgehead atoms. The summed E-state index contributed by atoms with van der Waals surface area (Å²) in [4.78, 5) is 0.817. The average molecular weight is 249 g/mol. The topological polar surface area (TPSA) is 60.9 Å². The number of benzene rings is 1. The SMILES string of the molecule is Cc1ccc(N)cc1S(=O)CCn1cccn1. The fourth-order valence-electron chi connectivity index (χ4n) is 1.58. The van der Waals surface area contributed by atoms with E-state index in [1.54, 1.807) is 16.9 Å². The molecule has 0 aliphatic carbocycles. The van der Waals surface area contributed by atoms with Gasteiger partial charge in [0.15, 0.2) is 0 Å². The zero-order valence-corrected chi connectivity index (χ0v) is 10.5. The summed E-state index contributed by atoms with van der Waals surface area (Å²) in [5, 5.41) is 4.08. The summed E-state index contributed by atoms with van der Waals surface area (Å²) in [5.74, 6) is 0.548. The van der Waals surface area contributed by atoms with Crippen molar-refractivity contribution in [1.29, 1.82) is 0 Å². The second-order valence-electron chi connectivity index (χ2n) is 3.84.